The molecule has 0 N–H and O–H groups in total. The SMILES string of the molecule is COCC(=O)N1CCN(Cc2ccc(OC(F)(F)F)cc2)CC1. The number of carbonyl (C=O) groups excluding carboxylic acids is 1. The largest absolute Gasteiger partial charge is 0.573 e. The molecule has 1 heterocycles. The van der Waals surface area contributed by atoms with Crippen LogP contribution < -0.4 is 4.74 Å². The van der Waals surface area contributed by atoms with E-state index >= 15 is 0 Å². The predicted octanol–water partition coefficient (Wildman–Crippen LogP) is 1.88. The molecular weight excluding hydrogens is 313 g/mol. The van der Waals surface area contributed by atoms with Gasteiger partial charge in [-0.2, -0.15) is 0 Å². The average Bonchev–Trinajstić information content (AvgIpc) is 2.49. The van der Waals surface area contributed by atoms with E-state index in [9.17, 15) is 18.0 Å². The van der Waals surface area contributed by atoms with Gasteiger partial charge in [-0.15, -0.1) is 13.2 Å². The van der Waals surface area contributed by atoms with E-state index in [-0.39, 0.29) is 18.3 Å². The van der Waals surface area contributed by atoms with Crippen molar-refractivity contribution in [3.8, 4) is 5.75 Å². The summed E-state index contributed by atoms with van der Waals surface area (Å²) in [6, 6.07) is 5.84. The van der Waals surface area contributed by atoms with E-state index < -0.39 is 6.36 Å². The Morgan fingerprint density at radius 2 is 1.74 bits per heavy atom. The van der Waals surface area contributed by atoms with Crippen molar-refractivity contribution in [2.45, 2.75) is 12.9 Å². The number of nitrogens with zero attached hydrogens (tertiary/aromatic N) is 2. The number of carbonyl (C=O) groups is 1. The summed E-state index contributed by atoms with van der Waals surface area (Å²) in [5.74, 6) is -0.253. The van der Waals surface area contributed by atoms with Gasteiger partial charge in [0.25, 0.3) is 0 Å². The highest BCUT2D eigenvalue weighted by Gasteiger charge is 2.31. The Morgan fingerprint density at radius 3 is 2.26 bits per heavy atom. The maximum absolute atomic E-state index is 12.1. The predicted molar refractivity (Wildman–Crippen MR) is 76.9 cm³/mol. The lowest BCUT2D eigenvalue weighted by atomic mass is 10.2. The number of hydrogen-bond donors (Lipinski definition) is 0. The molecule has 1 aromatic rings. The lowest BCUT2D eigenvalue weighted by Gasteiger charge is -2.34. The summed E-state index contributed by atoms with van der Waals surface area (Å²) >= 11 is 0. The zero-order chi connectivity index (χ0) is 16.9. The maximum Gasteiger partial charge on any atom is 0.573 e. The van der Waals surface area contributed by atoms with Crippen LogP contribution in [0, 0.1) is 0 Å². The van der Waals surface area contributed by atoms with Gasteiger partial charge in [0, 0.05) is 39.8 Å². The van der Waals surface area contributed by atoms with Crippen LogP contribution in [-0.2, 0) is 16.1 Å². The molecule has 0 spiro atoms. The highest BCUT2D eigenvalue weighted by atomic mass is 19.4. The minimum Gasteiger partial charge on any atom is -0.406 e. The van der Waals surface area contributed by atoms with Crippen molar-refractivity contribution in [1.29, 1.82) is 0 Å². The van der Waals surface area contributed by atoms with Crippen molar-refractivity contribution in [1.82, 2.24) is 9.80 Å². The van der Waals surface area contributed by atoms with Gasteiger partial charge < -0.3 is 14.4 Å². The molecule has 1 aliphatic heterocycles. The molecule has 1 fully saturated rings. The topological polar surface area (TPSA) is 42.0 Å². The first-order valence-corrected chi connectivity index (χ1v) is 7.21. The lowest BCUT2D eigenvalue weighted by Crippen LogP contribution is -2.49. The molecule has 0 aromatic heterocycles. The van der Waals surface area contributed by atoms with E-state index in [2.05, 4.69) is 9.64 Å². The van der Waals surface area contributed by atoms with Gasteiger partial charge in [0.05, 0.1) is 0 Å². The Kier molecular flexibility index (Phi) is 5.84. The first kappa shape index (κ1) is 17.6. The zero-order valence-corrected chi connectivity index (χ0v) is 12.8. The second kappa shape index (κ2) is 7.65. The highest BCUT2D eigenvalue weighted by Crippen LogP contribution is 2.23. The fourth-order valence-electron chi connectivity index (χ4n) is 2.42. The molecule has 0 atom stereocenters. The van der Waals surface area contributed by atoms with Crippen molar-refractivity contribution in [2.75, 3.05) is 39.9 Å². The van der Waals surface area contributed by atoms with E-state index in [1.54, 1.807) is 17.0 Å². The molecule has 2 rings (SSSR count). The van der Waals surface area contributed by atoms with Crippen molar-refractivity contribution in [2.24, 2.45) is 0 Å². The van der Waals surface area contributed by atoms with Crippen molar-refractivity contribution in [3.63, 3.8) is 0 Å². The summed E-state index contributed by atoms with van der Waals surface area (Å²) in [4.78, 5) is 15.6. The second-order valence-corrected chi connectivity index (χ2v) is 5.28. The van der Waals surface area contributed by atoms with Crippen LogP contribution in [0.15, 0.2) is 24.3 Å². The number of ether oxygens (including phenoxy) is 2. The third kappa shape index (κ3) is 5.72. The van der Waals surface area contributed by atoms with Crippen LogP contribution in [0.2, 0.25) is 0 Å². The highest BCUT2D eigenvalue weighted by molar-refractivity contribution is 5.77. The van der Waals surface area contributed by atoms with Crippen LogP contribution in [-0.4, -0.2) is 62.0 Å². The number of halogens is 3. The molecule has 1 amide bonds. The molecule has 1 aromatic carbocycles. The Hall–Kier alpha value is -1.80. The summed E-state index contributed by atoms with van der Waals surface area (Å²) < 4.78 is 45.0. The second-order valence-electron chi connectivity index (χ2n) is 5.28. The quantitative estimate of drug-likeness (QED) is 0.826. The first-order valence-electron chi connectivity index (χ1n) is 7.21. The van der Waals surface area contributed by atoms with Gasteiger partial charge in [0.1, 0.15) is 12.4 Å². The van der Waals surface area contributed by atoms with Crippen molar-refractivity contribution in [3.05, 3.63) is 29.8 Å². The lowest BCUT2D eigenvalue weighted by molar-refractivity contribution is -0.274. The van der Waals surface area contributed by atoms with Gasteiger partial charge in [0.15, 0.2) is 0 Å². The molecule has 0 saturated carbocycles. The summed E-state index contributed by atoms with van der Waals surface area (Å²) in [6.45, 7) is 3.39. The van der Waals surface area contributed by atoms with Crippen molar-refractivity contribution < 1.29 is 27.4 Å². The van der Waals surface area contributed by atoms with Gasteiger partial charge in [-0.25, -0.2) is 0 Å². The Balaban J connectivity index is 1.81. The van der Waals surface area contributed by atoms with Crippen LogP contribution >= 0.6 is 0 Å². The van der Waals surface area contributed by atoms with Crippen LogP contribution in [0.25, 0.3) is 0 Å². The molecule has 128 valence electrons. The summed E-state index contributed by atoms with van der Waals surface area (Å²) in [5, 5.41) is 0. The number of hydrogen-bond acceptors (Lipinski definition) is 4. The average molecular weight is 332 g/mol. The number of amides is 1. The Morgan fingerprint density at radius 1 is 1.13 bits per heavy atom. The van der Waals surface area contributed by atoms with E-state index in [0.29, 0.717) is 19.6 Å². The molecule has 0 bridgehead atoms. The van der Waals surface area contributed by atoms with Crippen molar-refractivity contribution >= 4 is 5.91 Å². The molecule has 1 saturated heterocycles. The monoisotopic (exact) mass is 332 g/mol. The molecular formula is C15H19F3N2O3. The fourth-order valence-corrected chi connectivity index (χ4v) is 2.42. The van der Waals surface area contributed by atoms with Gasteiger partial charge >= 0.3 is 6.36 Å². The normalized spacial score (nSPS) is 16.4. The molecule has 1 aliphatic rings. The number of piperazine rings is 1. The molecule has 0 unspecified atom stereocenters. The number of alkyl halides is 3. The molecule has 23 heavy (non-hydrogen) atoms. The fraction of sp³-hybridized carbons (Fsp3) is 0.533. The van der Waals surface area contributed by atoms with Crippen LogP contribution in [0.1, 0.15) is 5.56 Å². The maximum atomic E-state index is 12.1. The minimum atomic E-state index is -4.67. The zero-order valence-electron chi connectivity index (χ0n) is 12.8. The molecule has 5 nitrogen and oxygen atoms in total. The van der Waals surface area contributed by atoms with Gasteiger partial charge in [-0.1, -0.05) is 12.1 Å². The minimum absolute atomic E-state index is 0.0270. The number of benzene rings is 1. The van der Waals surface area contributed by atoms with Gasteiger partial charge in [-0.05, 0) is 17.7 Å². The van der Waals surface area contributed by atoms with E-state index in [1.165, 1.54) is 19.2 Å². The molecule has 8 heteroatoms. The smallest absolute Gasteiger partial charge is 0.406 e. The van der Waals surface area contributed by atoms with E-state index in [0.717, 1.165) is 18.7 Å². The standard InChI is InChI=1S/C15H19F3N2O3/c1-22-11-14(21)20-8-6-19(7-9-20)10-12-2-4-13(5-3-12)23-15(16,17)18/h2-5H,6-11H2,1H3. The van der Waals surface area contributed by atoms with E-state index in [1.807, 2.05) is 0 Å². The third-order valence-corrected chi connectivity index (χ3v) is 3.56. The first-order chi connectivity index (χ1) is 10.9. The third-order valence-electron chi connectivity index (χ3n) is 3.56. The number of rotatable bonds is 5. The van der Waals surface area contributed by atoms with Gasteiger partial charge in [0.2, 0.25) is 5.91 Å². The summed E-state index contributed by atoms with van der Waals surface area (Å²) in [7, 11) is 1.49. The van der Waals surface area contributed by atoms with Crippen LogP contribution in [0.5, 0.6) is 5.75 Å². The summed E-state index contributed by atoms with van der Waals surface area (Å²) in [5.41, 5.74) is 0.899. The molecule has 0 aliphatic carbocycles. The number of methoxy groups -OCH3 is 1. The van der Waals surface area contributed by atoms with Gasteiger partial charge in [-0.3, -0.25) is 9.69 Å². The van der Waals surface area contributed by atoms with E-state index in [4.69, 9.17) is 4.74 Å². The Labute approximate surface area is 132 Å². The van der Waals surface area contributed by atoms with Crippen LogP contribution in [0.4, 0.5) is 13.2 Å². The molecule has 0 radical (unpaired) electrons. The summed E-state index contributed by atoms with van der Waals surface area (Å²) in [6.07, 6.45) is -4.67. The Bertz CT molecular complexity index is 512. The van der Waals surface area contributed by atoms with Crippen LogP contribution in [0.3, 0.4) is 0 Å².